The lowest BCUT2D eigenvalue weighted by Gasteiger charge is -2.22. The predicted octanol–water partition coefficient (Wildman–Crippen LogP) is 7.52. The Labute approximate surface area is 256 Å². The molecule has 0 saturated carbocycles. The van der Waals surface area contributed by atoms with Gasteiger partial charge in [-0.05, 0) is 52.2 Å². The van der Waals surface area contributed by atoms with Crippen LogP contribution in [-0.2, 0) is 15.3 Å². The average molecular weight is 663 g/mol. The van der Waals surface area contributed by atoms with Crippen LogP contribution >= 0.6 is 39.0 Å². The summed E-state index contributed by atoms with van der Waals surface area (Å²) in [5, 5.41) is 22.3. The largest absolute Gasteiger partial charge is 0.507 e. The van der Waals surface area contributed by atoms with Gasteiger partial charge >= 0.3 is 5.91 Å². The number of methoxy groups -OCH3 is 1. The molecule has 1 N–H and O–H groups in total. The van der Waals surface area contributed by atoms with Gasteiger partial charge in [-0.25, -0.2) is 4.39 Å². The molecule has 1 aliphatic heterocycles. The molecule has 1 aromatic heterocycles. The van der Waals surface area contributed by atoms with Crippen LogP contribution < -0.4 is 9.64 Å². The van der Waals surface area contributed by atoms with Crippen LogP contribution in [0.3, 0.4) is 0 Å². The number of ketones is 1. The van der Waals surface area contributed by atoms with Crippen molar-refractivity contribution in [3.8, 4) is 5.75 Å². The maximum atomic E-state index is 14.5. The average Bonchev–Trinajstić information content (AvgIpc) is 3.57. The van der Waals surface area contributed by atoms with Gasteiger partial charge in [0.1, 0.15) is 5.76 Å². The van der Waals surface area contributed by atoms with E-state index in [-0.39, 0.29) is 22.0 Å². The monoisotopic (exact) mass is 661 g/mol. The third kappa shape index (κ3) is 5.19. The highest BCUT2D eigenvalue weighted by atomic mass is 79.9. The topological polar surface area (TPSA) is 92.6 Å². The van der Waals surface area contributed by atoms with Crippen molar-refractivity contribution >= 4 is 72.4 Å². The van der Waals surface area contributed by atoms with E-state index in [0.29, 0.717) is 15.7 Å². The van der Waals surface area contributed by atoms with Crippen LogP contribution in [0.4, 0.5) is 9.52 Å². The number of thioether (sulfide) groups is 1. The Balaban J connectivity index is 1.37. The highest BCUT2D eigenvalue weighted by Gasteiger charge is 2.48. The zero-order valence-corrected chi connectivity index (χ0v) is 25.2. The summed E-state index contributed by atoms with van der Waals surface area (Å²) in [6, 6.07) is 24.1. The molecule has 7 nitrogen and oxygen atoms in total. The van der Waals surface area contributed by atoms with Crippen molar-refractivity contribution in [2.45, 2.75) is 16.1 Å². The maximum Gasteiger partial charge on any atom is 0.301 e. The zero-order valence-electron chi connectivity index (χ0n) is 22.0. The van der Waals surface area contributed by atoms with E-state index >= 15 is 0 Å². The number of anilines is 1. The Hall–Kier alpha value is -4.06. The second-order valence-electron chi connectivity index (χ2n) is 9.35. The van der Waals surface area contributed by atoms with Gasteiger partial charge < -0.3 is 9.84 Å². The fraction of sp³-hybridized carbons (Fsp3) is 0.0968. The molecule has 1 saturated heterocycles. The Morgan fingerprint density at radius 2 is 1.81 bits per heavy atom. The SMILES string of the molecule is COc1ccc(C(O)=C2C(=O)C(=O)N(c3nnc(SCc4cccc5ccccc45)s3)C2c2ccc(Br)cc2)cc1F. The molecule has 1 unspecified atom stereocenters. The molecule has 0 aliphatic carbocycles. The highest BCUT2D eigenvalue weighted by molar-refractivity contribution is 9.10. The van der Waals surface area contributed by atoms with Crippen molar-refractivity contribution < 1.29 is 23.8 Å². The molecule has 0 radical (unpaired) electrons. The molecule has 6 rings (SSSR count). The molecule has 42 heavy (non-hydrogen) atoms. The first kappa shape index (κ1) is 28.1. The number of carbonyl (C=O) groups is 2. The number of aliphatic hydroxyl groups is 1. The first-order valence-corrected chi connectivity index (χ1v) is 15.3. The highest BCUT2D eigenvalue weighted by Crippen LogP contribution is 2.44. The van der Waals surface area contributed by atoms with E-state index in [1.165, 1.54) is 47.2 Å². The quantitative estimate of drug-likeness (QED) is 0.0634. The molecular weight excluding hydrogens is 641 g/mol. The zero-order chi connectivity index (χ0) is 29.4. The molecule has 5 aromatic rings. The van der Waals surface area contributed by atoms with Crippen molar-refractivity contribution in [1.82, 2.24) is 10.2 Å². The van der Waals surface area contributed by atoms with Crippen LogP contribution in [0.1, 0.15) is 22.7 Å². The number of halogens is 2. The van der Waals surface area contributed by atoms with Gasteiger partial charge in [-0.15, -0.1) is 10.2 Å². The summed E-state index contributed by atoms with van der Waals surface area (Å²) in [6.45, 7) is 0. The van der Waals surface area contributed by atoms with Gasteiger partial charge in [0, 0.05) is 15.8 Å². The molecule has 1 amide bonds. The van der Waals surface area contributed by atoms with Crippen molar-refractivity contribution in [2.24, 2.45) is 0 Å². The number of carbonyl (C=O) groups excluding carboxylic acids is 2. The smallest absolute Gasteiger partial charge is 0.301 e. The minimum atomic E-state index is -1.01. The Bertz CT molecular complexity index is 1870. The Morgan fingerprint density at radius 1 is 1.05 bits per heavy atom. The molecule has 4 aromatic carbocycles. The second-order valence-corrected chi connectivity index (χ2v) is 12.4. The summed E-state index contributed by atoms with van der Waals surface area (Å²) in [5.41, 5.74) is 1.56. The number of aromatic nitrogens is 2. The standard InChI is InChI=1S/C31H21BrFN3O4S2/c1-40-24-14-11-19(15-23(24)33)27(37)25-26(18-9-12-21(32)13-10-18)36(29(39)28(25)38)30-34-35-31(42-30)41-16-20-7-4-6-17-5-2-3-8-22(17)20/h2-15,26,37H,16H2,1H3. The third-order valence-electron chi connectivity index (χ3n) is 6.89. The van der Waals surface area contributed by atoms with Crippen LogP contribution in [0.25, 0.3) is 16.5 Å². The number of fused-ring (bicyclic) bond motifs is 1. The molecule has 1 fully saturated rings. The lowest BCUT2D eigenvalue weighted by molar-refractivity contribution is -0.132. The van der Waals surface area contributed by atoms with E-state index in [9.17, 15) is 19.1 Å². The van der Waals surface area contributed by atoms with Crippen LogP contribution in [0.2, 0.25) is 0 Å². The molecular formula is C31H21BrFN3O4S2. The minimum absolute atomic E-state index is 0.0150. The molecule has 1 atom stereocenters. The fourth-order valence-corrected chi connectivity index (χ4v) is 7.01. The van der Waals surface area contributed by atoms with Gasteiger partial charge in [-0.2, -0.15) is 0 Å². The Morgan fingerprint density at radius 3 is 2.57 bits per heavy atom. The van der Waals surface area contributed by atoms with Gasteiger partial charge in [0.05, 0.1) is 18.7 Å². The first-order valence-electron chi connectivity index (χ1n) is 12.7. The minimum Gasteiger partial charge on any atom is -0.507 e. The van der Waals surface area contributed by atoms with Gasteiger partial charge in [0.15, 0.2) is 15.9 Å². The molecule has 11 heteroatoms. The molecule has 2 heterocycles. The van der Waals surface area contributed by atoms with E-state index in [2.05, 4.69) is 50.4 Å². The van der Waals surface area contributed by atoms with E-state index in [0.717, 1.165) is 26.9 Å². The summed E-state index contributed by atoms with van der Waals surface area (Å²) >= 11 is 6.07. The summed E-state index contributed by atoms with van der Waals surface area (Å²) in [7, 11) is 1.33. The van der Waals surface area contributed by atoms with Gasteiger partial charge in [0.25, 0.3) is 5.78 Å². The van der Waals surface area contributed by atoms with Crippen molar-refractivity contribution in [1.29, 1.82) is 0 Å². The summed E-state index contributed by atoms with van der Waals surface area (Å²) in [5.74, 6) is -2.36. The van der Waals surface area contributed by atoms with Crippen molar-refractivity contribution in [2.75, 3.05) is 12.0 Å². The van der Waals surface area contributed by atoms with E-state index < -0.39 is 29.3 Å². The first-order chi connectivity index (χ1) is 20.4. The normalized spacial score (nSPS) is 16.4. The van der Waals surface area contributed by atoms with Crippen LogP contribution in [0.5, 0.6) is 5.75 Å². The van der Waals surface area contributed by atoms with Crippen molar-refractivity contribution in [3.63, 3.8) is 0 Å². The number of benzene rings is 4. The maximum absolute atomic E-state index is 14.5. The number of rotatable bonds is 7. The summed E-state index contributed by atoms with van der Waals surface area (Å²) in [6.07, 6.45) is 0. The van der Waals surface area contributed by atoms with Crippen molar-refractivity contribution in [3.05, 3.63) is 117 Å². The third-order valence-corrected chi connectivity index (χ3v) is 9.52. The van der Waals surface area contributed by atoms with Crippen LogP contribution in [0, 0.1) is 5.82 Å². The van der Waals surface area contributed by atoms with E-state index in [1.54, 1.807) is 24.3 Å². The molecule has 1 aliphatic rings. The van der Waals surface area contributed by atoms with Gasteiger partial charge in [0.2, 0.25) is 5.13 Å². The number of aliphatic hydroxyl groups excluding tert-OH is 1. The fourth-order valence-electron chi connectivity index (χ4n) is 4.88. The molecule has 0 bridgehead atoms. The lowest BCUT2D eigenvalue weighted by atomic mass is 9.95. The van der Waals surface area contributed by atoms with Crippen LogP contribution in [-0.4, -0.2) is 34.1 Å². The lowest BCUT2D eigenvalue weighted by Crippen LogP contribution is -2.29. The summed E-state index contributed by atoms with van der Waals surface area (Å²) < 4.78 is 20.9. The predicted molar refractivity (Wildman–Crippen MR) is 165 cm³/mol. The number of hydrogen-bond donors (Lipinski definition) is 1. The second kappa shape index (κ2) is 11.7. The Kier molecular flexibility index (Phi) is 7.80. The number of Topliss-reactive ketones (excluding diaryl/α,β-unsaturated/α-hetero) is 1. The van der Waals surface area contributed by atoms with Crippen LogP contribution in [0.15, 0.2) is 99.3 Å². The number of amides is 1. The van der Waals surface area contributed by atoms with Gasteiger partial charge in [-0.1, -0.05) is 93.6 Å². The number of nitrogens with zero attached hydrogens (tertiary/aromatic N) is 3. The molecule has 210 valence electrons. The van der Waals surface area contributed by atoms with E-state index in [4.69, 9.17) is 4.74 Å². The van der Waals surface area contributed by atoms with E-state index in [1.807, 2.05) is 18.2 Å². The van der Waals surface area contributed by atoms with Gasteiger partial charge in [-0.3, -0.25) is 14.5 Å². The summed E-state index contributed by atoms with van der Waals surface area (Å²) in [4.78, 5) is 28.1. The molecule has 0 spiro atoms. The number of hydrogen-bond acceptors (Lipinski definition) is 8. The number of ether oxygens (including phenoxy) is 1.